The molecule has 1 aromatic heterocycles. The fourth-order valence-electron chi connectivity index (χ4n) is 5.46. The molecular weight excluding hydrogens is 443 g/mol. The second kappa shape index (κ2) is 7.46. The molecule has 3 nitrogen and oxygen atoms in total. The van der Waals surface area contributed by atoms with Crippen molar-refractivity contribution in [1.82, 2.24) is 0 Å². The Morgan fingerprint density at radius 3 is 2.08 bits per heavy atom. The average Bonchev–Trinajstić information content (AvgIpc) is 3.34. The Morgan fingerprint density at radius 1 is 0.583 bits per heavy atom. The van der Waals surface area contributed by atoms with E-state index in [0.717, 1.165) is 32.8 Å². The first-order valence-electron chi connectivity index (χ1n) is 12.5. The van der Waals surface area contributed by atoms with Crippen LogP contribution >= 0.6 is 0 Å². The maximum Gasteiger partial charge on any atom is 0.494 e. The molecule has 6 aromatic rings. The van der Waals surface area contributed by atoms with Gasteiger partial charge in [-0.2, -0.15) is 0 Å². The van der Waals surface area contributed by atoms with Crippen LogP contribution in [-0.2, 0) is 9.31 Å². The molecule has 1 aliphatic rings. The summed E-state index contributed by atoms with van der Waals surface area (Å²) in [5.74, 6) is 0. The number of furan rings is 1. The summed E-state index contributed by atoms with van der Waals surface area (Å²) in [6, 6.07) is 32.1. The van der Waals surface area contributed by atoms with Crippen LogP contribution < -0.4 is 5.46 Å². The van der Waals surface area contributed by atoms with Crippen LogP contribution in [0.25, 0.3) is 54.6 Å². The molecule has 0 radical (unpaired) electrons. The maximum absolute atomic E-state index is 6.39. The normalized spacial score (nSPS) is 17.1. The second-order valence-corrected chi connectivity index (χ2v) is 10.8. The van der Waals surface area contributed by atoms with Crippen LogP contribution in [0.1, 0.15) is 27.7 Å². The number of para-hydroxylation sites is 1. The molecule has 0 amide bonds. The van der Waals surface area contributed by atoms with Crippen LogP contribution in [0.2, 0.25) is 0 Å². The van der Waals surface area contributed by atoms with Crippen molar-refractivity contribution in [3.05, 3.63) is 91.0 Å². The van der Waals surface area contributed by atoms with Gasteiger partial charge in [-0.25, -0.2) is 0 Å². The Balaban J connectivity index is 1.54. The first-order valence-corrected chi connectivity index (χ1v) is 12.5. The fraction of sp³-hybridized carbons (Fsp3) is 0.188. The van der Waals surface area contributed by atoms with Crippen molar-refractivity contribution in [2.45, 2.75) is 38.9 Å². The molecule has 4 heteroatoms. The molecule has 5 aromatic carbocycles. The van der Waals surface area contributed by atoms with Crippen LogP contribution in [0.5, 0.6) is 0 Å². The van der Waals surface area contributed by atoms with Gasteiger partial charge in [0.05, 0.1) is 11.2 Å². The third kappa shape index (κ3) is 3.08. The monoisotopic (exact) mass is 470 g/mol. The van der Waals surface area contributed by atoms with Gasteiger partial charge in [0, 0.05) is 16.3 Å². The zero-order valence-corrected chi connectivity index (χ0v) is 21.0. The van der Waals surface area contributed by atoms with Crippen molar-refractivity contribution in [2.24, 2.45) is 0 Å². The first kappa shape index (κ1) is 21.7. The van der Waals surface area contributed by atoms with E-state index in [1.807, 2.05) is 12.1 Å². The van der Waals surface area contributed by atoms with Gasteiger partial charge in [-0.05, 0) is 72.4 Å². The van der Waals surface area contributed by atoms with E-state index in [0.29, 0.717) is 0 Å². The number of hydrogen-bond acceptors (Lipinski definition) is 3. The van der Waals surface area contributed by atoms with Crippen LogP contribution in [-0.4, -0.2) is 18.3 Å². The lowest BCUT2D eigenvalue weighted by Crippen LogP contribution is -2.41. The fourth-order valence-corrected chi connectivity index (χ4v) is 5.46. The van der Waals surface area contributed by atoms with E-state index in [-0.39, 0.29) is 11.2 Å². The van der Waals surface area contributed by atoms with Gasteiger partial charge < -0.3 is 13.7 Å². The van der Waals surface area contributed by atoms with Gasteiger partial charge in [-0.3, -0.25) is 0 Å². The zero-order valence-electron chi connectivity index (χ0n) is 21.0. The molecule has 2 heterocycles. The average molecular weight is 470 g/mol. The van der Waals surface area contributed by atoms with Crippen molar-refractivity contribution in [2.75, 3.05) is 0 Å². The smallest absolute Gasteiger partial charge is 0.456 e. The molecule has 0 saturated carbocycles. The highest BCUT2D eigenvalue weighted by molar-refractivity contribution is 6.62. The predicted molar refractivity (Wildman–Crippen MR) is 150 cm³/mol. The third-order valence-corrected chi connectivity index (χ3v) is 8.09. The van der Waals surface area contributed by atoms with Crippen LogP contribution in [0.15, 0.2) is 95.4 Å². The number of fused-ring (bicyclic) bond motifs is 5. The van der Waals surface area contributed by atoms with Gasteiger partial charge in [-0.1, -0.05) is 78.9 Å². The topological polar surface area (TPSA) is 31.6 Å². The molecule has 0 atom stereocenters. The quantitative estimate of drug-likeness (QED) is 0.242. The van der Waals surface area contributed by atoms with Crippen LogP contribution in [0, 0.1) is 0 Å². The maximum atomic E-state index is 6.39. The lowest BCUT2D eigenvalue weighted by Gasteiger charge is -2.32. The van der Waals surface area contributed by atoms with E-state index in [4.69, 9.17) is 13.7 Å². The highest BCUT2D eigenvalue weighted by Gasteiger charge is 2.51. The van der Waals surface area contributed by atoms with Crippen molar-refractivity contribution < 1.29 is 13.7 Å². The van der Waals surface area contributed by atoms with Gasteiger partial charge in [0.2, 0.25) is 0 Å². The van der Waals surface area contributed by atoms with E-state index in [2.05, 4.69) is 107 Å². The molecule has 0 aliphatic carbocycles. The minimum atomic E-state index is -0.408. The van der Waals surface area contributed by atoms with Crippen LogP contribution in [0.4, 0.5) is 0 Å². The Labute approximate surface area is 210 Å². The third-order valence-electron chi connectivity index (χ3n) is 8.09. The summed E-state index contributed by atoms with van der Waals surface area (Å²) < 4.78 is 19.1. The lowest BCUT2D eigenvalue weighted by molar-refractivity contribution is 0.00578. The molecular formula is C32H27BO3. The van der Waals surface area contributed by atoms with Gasteiger partial charge in [0.15, 0.2) is 0 Å². The molecule has 0 N–H and O–H groups in total. The van der Waals surface area contributed by atoms with Crippen molar-refractivity contribution in [3.8, 4) is 11.1 Å². The van der Waals surface area contributed by atoms with Gasteiger partial charge >= 0.3 is 7.12 Å². The molecule has 7 rings (SSSR count). The van der Waals surface area contributed by atoms with Crippen molar-refractivity contribution in [3.63, 3.8) is 0 Å². The minimum Gasteiger partial charge on any atom is -0.456 e. The molecule has 0 unspecified atom stereocenters. The van der Waals surface area contributed by atoms with Gasteiger partial charge in [0.25, 0.3) is 0 Å². The molecule has 0 spiro atoms. The molecule has 36 heavy (non-hydrogen) atoms. The highest BCUT2D eigenvalue weighted by Crippen LogP contribution is 2.44. The van der Waals surface area contributed by atoms with E-state index in [9.17, 15) is 0 Å². The molecule has 176 valence electrons. The first-order chi connectivity index (χ1) is 17.3. The number of hydrogen-bond donors (Lipinski definition) is 0. The highest BCUT2D eigenvalue weighted by atomic mass is 16.7. The minimum absolute atomic E-state index is 0.385. The zero-order chi connectivity index (χ0) is 24.7. The second-order valence-electron chi connectivity index (χ2n) is 10.8. The summed E-state index contributed by atoms with van der Waals surface area (Å²) in [5, 5.41) is 7.02. The molecule has 1 fully saturated rings. The van der Waals surface area contributed by atoms with E-state index < -0.39 is 7.12 Å². The molecule has 1 aliphatic heterocycles. The Kier molecular flexibility index (Phi) is 4.49. The van der Waals surface area contributed by atoms with Crippen molar-refractivity contribution >= 4 is 56.1 Å². The molecule has 1 saturated heterocycles. The van der Waals surface area contributed by atoms with E-state index >= 15 is 0 Å². The van der Waals surface area contributed by atoms with E-state index in [1.54, 1.807) is 0 Å². The Morgan fingerprint density at radius 2 is 1.28 bits per heavy atom. The summed E-state index contributed by atoms with van der Waals surface area (Å²) in [6.45, 7) is 8.37. The molecule has 0 bridgehead atoms. The summed E-state index contributed by atoms with van der Waals surface area (Å²) in [7, 11) is -0.408. The standard InChI is InChI=1S/C32H27BO3/c1-31(2)32(3,4)36-33(35-31)22-17-16-20-11-9-14-24(26(20)19-22)29-23-12-6-5-10-21(23)18-28-30(29)25-13-7-8-15-27(25)34-28/h5-19H,1-4H3. The summed E-state index contributed by atoms with van der Waals surface area (Å²) in [6.07, 6.45) is 0. The number of rotatable bonds is 2. The van der Waals surface area contributed by atoms with E-state index in [1.165, 1.54) is 27.3 Å². The Bertz CT molecular complexity index is 1800. The predicted octanol–water partition coefficient (Wildman–Crippen LogP) is 7.86. The summed E-state index contributed by atoms with van der Waals surface area (Å²) in [5.41, 5.74) is 4.45. The summed E-state index contributed by atoms with van der Waals surface area (Å²) >= 11 is 0. The Hall–Kier alpha value is -3.60. The van der Waals surface area contributed by atoms with Crippen LogP contribution in [0.3, 0.4) is 0 Å². The lowest BCUT2D eigenvalue weighted by atomic mass is 9.77. The summed E-state index contributed by atoms with van der Waals surface area (Å²) in [4.78, 5) is 0. The van der Waals surface area contributed by atoms with Gasteiger partial charge in [0.1, 0.15) is 11.2 Å². The number of benzene rings is 5. The van der Waals surface area contributed by atoms with Gasteiger partial charge in [-0.15, -0.1) is 0 Å². The van der Waals surface area contributed by atoms with Crippen molar-refractivity contribution in [1.29, 1.82) is 0 Å². The largest absolute Gasteiger partial charge is 0.494 e. The SMILES string of the molecule is CC1(C)OB(c2ccc3cccc(-c4c5ccccc5cc5oc6ccccc6c45)c3c2)OC1(C)C.